The van der Waals surface area contributed by atoms with Crippen molar-refractivity contribution in [3.8, 4) is 0 Å². The number of hydrogen-bond acceptors (Lipinski definition) is 12. The summed E-state index contributed by atoms with van der Waals surface area (Å²) in [5, 5.41) is 20.2. The molecule has 2 rings (SSSR count). The van der Waals surface area contributed by atoms with E-state index in [1.54, 1.807) is 36.5 Å². The molecular weight excluding hydrogens is 897 g/mol. The lowest BCUT2D eigenvalue weighted by molar-refractivity contribution is -0.140. The van der Waals surface area contributed by atoms with Gasteiger partial charge >= 0.3 is 11.9 Å². The Morgan fingerprint density at radius 2 is 1.09 bits per heavy atom. The number of ketones is 4. The molecule has 68 heavy (non-hydrogen) atoms. The van der Waals surface area contributed by atoms with Crippen molar-refractivity contribution in [2.45, 2.75) is 219 Å². The van der Waals surface area contributed by atoms with Crippen molar-refractivity contribution in [1.82, 2.24) is 0 Å². The first-order chi connectivity index (χ1) is 31.6. The number of carbonyl (C=O) groups is 6. The van der Waals surface area contributed by atoms with Gasteiger partial charge in [0.1, 0.15) is 23.1 Å². The highest BCUT2D eigenvalue weighted by atomic mass is 28.4. The van der Waals surface area contributed by atoms with Crippen LogP contribution in [-0.4, -0.2) is 101 Å². The average molecular weight is 989 g/mol. The van der Waals surface area contributed by atoms with Crippen LogP contribution in [0.2, 0.25) is 36.3 Å². The Balaban J connectivity index is 0.000000740. The summed E-state index contributed by atoms with van der Waals surface area (Å²) in [5.74, 6) is -2.45. The van der Waals surface area contributed by atoms with E-state index in [0.717, 1.165) is 44.9 Å². The Bertz CT molecular complexity index is 1720. The predicted molar refractivity (Wildman–Crippen MR) is 276 cm³/mol. The summed E-state index contributed by atoms with van der Waals surface area (Å²) in [6.07, 6.45) is 21.7. The summed E-state index contributed by atoms with van der Waals surface area (Å²) in [6.45, 7) is 26.7. The van der Waals surface area contributed by atoms with Crippen molar-refractivity contribution in [2.24, 2.45) is 23.7 Å². The molecule has 0 aromatic rings. The molecule has 0 aromatic heterocycles. The van der Waals surface area contributed by atoms with E-state index in [0.29, 0.717) is 12.8 Å². The second-order valence-electron chi connectivity index (χ2n) is 21.8. The average Bonchev–Trinajstić information content (AvgIpc) is 3.68. The molecule has 388 valence electrons. The fourth-order valence-electron chi connectivity index (χ4n) is 7.80. The highest BCUT2D eigenvalue weighted by molar-refractivity contribution is 6.74. The number of methoxy groups -OCH3 is 2. The van der Waals surface area contributed by atoms with Crippen molar-refractivity contribution in [2.75, 3.05) is 14.2 Å². The normalized spacial score (nSPS) is 22.6. The van der Waals surface area contributed by atoms with Gasteiger partial charge < -0.3 is 28.5 Å². The molecule has 2 N–H and O–H groups in total. The zero-order chi connectivity index (χ0) is 51.9. The van der Waals surface area contributed by atoms with E-state index < -0.39 is 46.6 Å². The molecule has 0 spiro atoms. The van der Waals surface area contributed by atoms with Crippen LogP contribution in [0.1, 0.15) is 158 Å². The molecule has 2 aliphatic rings. The summed E-state index contributed by atoms with van der Waals surface area (Å²) in [6, 6.07) is 0. The van der Waals surface area contributed by atoms with Crippen LogP contribution >= 0.6 is 0 Å². The molecule has 2 fully saturated rings. The SMILES string of the molecule is CCCCCC(/C=C/[C@H]1C(O[Si](C)(C)C(C)(C)C)CC(=O)[C@@H]1CC(=O)C/C=C/CC(=O)OC)O[Si](C)(C)C(C)(C)C.CCCCCC(O)/C=C/[C@H]1C(O)CC(=O)[C@@H]1CC(=O)C/C=C/CC(=O)OC. The maximum absolute atomic E-state index is 13.4. The van der Waals surface area contributed by atoms with Crippen LogP contribution in [-0.2, 0) is 47.1 Å². The molecule has 0 radical (unpaired) electrons. The van der Waals surface area contributed by atoms with Gasteiger partial charge in [0.05, 0.1) is 51.5 Å². The smallest absolute Gasteiger partial charge is 0.309 e. The van der Waals surface area contributed by atoms with E-state index in [2.05, 4.69) is 103 Å². The van der Waals surface area contributed by atoms with Crippen molar-refractivity contribution >= 4 is 51.7 Å². The summed E-state index contributed by atoms with van der Waals surface area (Å²) in [5.41, 5.74) is 0. The topological polar surface area (TPSA) is 180 Å². The maximum Gasteiger partial charge on any atom is 0.309 e. The number of aliphatic hydroxyl groups excluding tert-OH is 2. The first-order valence-electron chi connectivity index (χ1n) is 25.2. The summed E-state index contributed by atoms with van der Waals surface area (Å²) in [4.78, 5) is 73.0. The van der Waals surface area contributed by atoms with E-state index in [1.165, 1.54) is 14.2 Å². The van der Waals surface area contributed by atoms with Gasteiger partial charge in [-0.1, -0.05) is 143 Å². The lowest BCUT2D eigenvalue weighted by Gasteiger charge is -2.40. The second-order valence-corrected chi connectivity index (χ2v) is 31.3. The Morgan fingerprint density at radius 1 is 0.647 bits per heavy atom. The first kappa shape index (κ1) is 62.9. The number of aliphatic hydroxyl groups is 2. The largest absolute Gasteiger partial charge is 0.469 e. The second kappa shape index (κ2) is 30.6. The van der Waals surface area contributed by atoms with Crippen LogP contribution in [0, 0.1) is 23.7 Å². The van der Waals surface area contributed by atoms with Crippen LogP contribution in [0.15, 0.2) is 48.6 Å². The number of carbonyl (C=O) groups excluding carboxylic acids is 6. The number of hydrogen-bond donors (Lipinski definition) is 2. The van der Waals surface area contributed by atoms with Gasteiger partial charge in [0, 0.05) is 62.2 Å². The minimum Gasteiger partial charge on any atom is -0.469 e. The Morgan fingerprint density at radius 3 is 1.56 bits per heavy atom. The van der Waals surface area contributed by atoms with Crippen LogP contribution in [0.5, 0.6) is 0 Å². The van der Waals surface area contributed by atoms with Crippen molar-refractivity contribution in [1.29, 1.82) is 0 Å². The molecule has 0 amide bonds. The van der Waals surface area contributed by atoms with Gasteiger partial charge in [0.15, 0.2) is 16.6 Å². The monoisotopic (exact) mass is 989 g/mol. The maximum atomic E-state index is 13.4. The highest BCUT2D eigenvalue weighted by Gasteiger charge is 2.48. The standard InChI is InChI=1S/C33H60O6Si2.C21H32O6/c1-13-14-15-19-26(38-40(9,10)32(2,3)4)21-22-27-28(23-25(34)18-16-17-20-31(36)37-8)29(35)24-30(27)39-41(11,12)33(5,6)7;1-3-4-5-8-15(22)11-12-17-18(20(25)14-19(17)24)13-16(23)9-6-7-10-21(26)27-2/h16-17,21-22,26-28,30H,13-15,18-20,23-24H2,1-12H3;6-7,11-12,15,17-19,22,24H,3-5,8-10,13-14H2,1-2H3/b17-16+,22-21+;7-6+,12-11+/t26?,27-,28-,30?;15?,17-,18-,19?/m11/s1. The van der Waals surface area contributed by atoms with Gasteiger partial charge in [-0.3, -0.25) is 28.8 Å². The Hall–Kier alpha value is -3.15. The fraction of sp³-hybridized carbons (Fsp3) is 0.741. The highest BCUT2D eigenvalue weighted by Crippen LogP contribution is 2.44. The first-order valence-corrected chi connectivity index (χ1v) is 31.1. The summed E-state index contributed by atoms with van der Waals surface area (Å²) >= 11 is 0. The third kappa shape index (κ3) is 22.7. The molecule has 14 heteroatoms. The molecule has 4 unspecified atom stereocenters. The van der Waals surface area contributed by atoms with Crippen molar-refractivity contribution in [3.63, 3.8) is 0 Å². The molecule has 8 atom stereocenters. The van der Waals surface area contributed by atoms with E-state index in [-0.39, 0.29) is 108 Å². The van der Waals surface area contributed by atoms with Gasteiger partial charge in [-0.2, -0.15) is 0 Å². The third-order valence-corrected chi connectivity index (χ3v) is 23.2. The molecule has 0 aliphatic heterocycles. The molecule has 12 nitrogen and oxygen atoms in total. The quantitative estimate of drug-likeness (QED) is 0.0328. The lowest BCUT2D eigenvalue weighted by atomic mass is 9.88. The lowest BCUT2D eigenvalue weighted by Crippen LogP contribution is -2.45. The van der Waals surface area contributed by atoms with E-state index in [4.69, 9.17) is 8.85 Å². The van der Waals surface area contributed by atoms with Crippen LogP contribution in [0.25, 0.3) is 0 Å². The molecule has 2 aliphatic carbocycles. The molecule has 0 aromatic carbocycles. The number of unbranched alkanes of at least 4 members (excludes halogenated alkanes) is 4. The van der Waals surface area contributed by atoms with Crippen molar-refractivity contribution < 1.29 is 57.3 Å². The zero-order valence-corrected chi connectivity index (χ0v) is 46.5. The minimum atomic E-state index is -2.15. The van der Waals surface area contributed by atoms with E-state index in [1.807, 2.05) is 0 Å². The molecule has 0 bridgehead atoms. The molecule has 0 heterocycles. The van der Waals surface area contributed by atoms with Crippen molar-refractivity contribution in [3.05, 3.63) is 48.6 Å². The van der Waals surface area contributed by atoms with Gasteiger partial charge in [-0.05, 0) is 49.1 Å². The zero-order valence-electron chi connectivity index (χ0n) is 44.5. The van der Waals surface area contributed by atoms with Gasteiger partial charge in [0.2, 0.25) is 0 Å². The van der Waals surface area contributed by atoms with Gasteiger partial charge in [-0.15, -0.1) is 0 Å². The number of Topliss-reactive ketones (excluding diaryl/α,β-unsaturated/α-hetero) is 4. The number of esters is 2. The molecule has 2 saturated carbocycles. The van der Waals surface area contributed by atoms with Gasteiger partial charge in [0.25, 0.3) is 0 Å². The number of ether oxygens (including phenoxy) is 2. The predicted octanol–water partition coefficient (Wildman–Crippen LogP) is 11.1. The van der Waals surface area contributed by atoms with E-state index in [9.17, 15) is 39.0 Å². The summed E-state index contributed by atoms with van der Waals surface area (Å²) in [7, 11) is -1.52. The minimum absolute atomic E-state index is 0.00661. The van der Waals surface area contributed by atoms with Crippen LogP contribution in [0.3, 0.4) is 0 Å². The molecular formula is C54H92O12Si2. The van der Waals surface area contributed by atoms with E-state index >= 15 is 0 Å². The van der Waals surface area contributed by atoms with Gasteiger partial charge in [-0.25, -0.2) is 0 Å². The fourth-order valence-corrected chi connectivity index (χ4v) is 10.5. The van der Waals surface area contributed by atoms with Crippen LogP contribution in [0.4, 0.5) is 0 Å². The number of allylic oxidation sites excluding steroid dienone is 2. The summed E-state index contributed by atoms with van der Waals surface area (Å²) < 4.78 is 22.9. The number of rotatable bonds is 28. The van der Waals surface area contributed by atoms with Crippen LogP contribution < -0.4 is 0 Å². The third-order valence-electron chi connectivity index (χ3n) is 14.2. The molecule has 0 saturated heterocycles. The Labute approximate surface area is 412 Å². The Kier molecular flexibility index (Phi) is 28.3.